The van der Waals surface area contributed by atoms with Crippen molar-refractivity contribution in [1.29, 1.82) is 0 Å². The molecule has 1 aromatic rings. The first-order chi connectivity index (χ1) is 11.3. The zero-order chi connectivity index (χ0) is 19.3. The van der Waals surface area contributed by atoms with E-state index in [0.29, 0.717) is 13.2 Å². The van der Waals surface area contributed by atoms with Gasteiger partial charge in [-0.25, -0.2) is 4.79 Å². The Balaban J connectivity index is 2.43. The van der Waals surface area contributed by atoms with E-state index in [9.17, 15) is 4.79 Å². The van der Waals surface area contributed by atoms with Gasteiger partial charge in [0.1, 0.15) is 12.2 Å². The molecule has 0 amide bonds. The minimum absolute atomic E-state index is 0.0342. The van der Waals surface area contributed by atoms with Crippen molar-refractivity contribution in [1.82, 2.24) is 0 Å². The molecule has 0 heterocycles. The van der Waals surface area contributed by atoms with E-state index in [1.54, 1.807) is 0 Å². The Labute approximate surface area is 154 Å². The van der Waals surface area contributed by atoms with Gasteiger partial charge in [-0.15, -0.1) is 0 Å². The summed E-state index contributed by atoms with van der Waals surface area (Å²) in [5.41, 5.74) is 1.70. The molecule has 0 radical (unpaired) electrons. The molecule has 0 aliphatic heterocycles. The lowest BCUT2D eigenvalue weighted by Crippen LogP contribution is -2.40. The summed E-state index contributed by atoms with van der Waals surface area (Å²) in [6, 6.07) is 8.14. The maximum absolute atomic E-state index is 11.6. The Morgan fingerprint density at radius 3 is 1.84 bits per heavy atom. The molecule has 0 unspecified atom stereocenters. The quantitative estimate of drug-likeness (QED) is 0.499. The lowest BCUT2D eigenvalue weighted by Gasteiger charge is -2.36. The van der Waals surface area contributed by atoms with E-state index in [-0.39, 0.29) is 17.6 Å². The standard InChI is InChI=1S/C20H34O4Si/c1-19(2,3)24-18(21)15-22-13-16-9-11-17(12-10-16)14-23-25(7,8)20(4,5)6/h9-12H,13-15H2,1-8H3. The Morgan fingerprint density at radius 1 is 0.920 bits per heavy atom. The van der Waals surface area contributed by atoms with Crippen LogP contribution in [0, 0.1) is 0 Å². The van der Waals surface area contributed by atoms with Gasteiger partial charge >= 0.3 is 5.97 Å². The lowest BCUT2D eigenvalue weighted by molar-refractivity contribution is -0.160. The molecular weight excluding hydrogens is 332 g/mol. The van der Waals surface area contributed by atoms with Gasteiger partial charge in [0.2, 0.25) is 0 Å². The number of carbonyl (C=O) groups is 1. The van der Waals surface area contributed by atoms with Crippen LogP contribution in [-0.2, 0) is 31.9 Å². The molecule has 0 atom stereocenters. The van der Waals surface area contributed by atoms with E-state index in [2.05, 4.69) is 46.0 Å². The summed E-state index contributed by atoms with van der Waals surface area (Å²) in [6.07, 6.45) is 0. The topological polar surface area (TPSA) is 44.8 Å². The molecule has 5 heteroatoms. The number of rotatable bonds is 7. The fraction of sp³-hybridized carbons (Fsp3) is 0.650. The maximum atomic E-state index is 11.6. The van der Waals surface area contributed by atoms with Gasteiger partial charge in [0, 0.05) is 0 Å². The number of hydrogen-bond acceptors (Lipinski definition) is 4. The molecular formula is C20H34O4Si. The molecule has 0 spiro atoms. The van der Waals surface area contributed by atoms with Gasteiger partial charge in [-0.1, -0.05) is 45.0 Å². The van der Waals surface area contributed by atoms with Gasteiger partial charge in [-0.2, -0.15) is 0 Å². The van der Waals surface area contributed by atoms with Crippen molar-refractivity contribution < 1.29 is 18.7 Å². The van der Waals surface area contributed by atoms with Crippen molar-refractivity contribution in [2.75, 3.05) is 6.61 Å². The molecule has 0 aromatic heterocycles. The summed E-state index contributed by atoms with van der Waals surface area (Å²) in [4.78, 5) is 11.6. The maximum Gasteiger partial charge on any atom is 0.332 e. The third-order valence-electron chi connectivity index (χ3n) is 4.34. The van der Waals surface area contributed by atoms with E-state index >= 15 is 0 Å². The molecule has 0 saturated heterocycles. The molecule has 0 aliphatic carbocycles. The second-order valence-electron chi connectivity index (χ2n) is 8.94. The first-order valence-electron chi connectivity index (χ1n) is 8.81. The summed E-state index contributed by atoms with van der Waals surface area (Å²) in [6.45, 7) is 17.8. The van der Waals surface area contributed by atoms with Gasteiger partial charge in [0.05, 0.1) is 13.2 Å². The van der Waals surface area contributed by atoms with Crippen LogP contribution in [0.5, 0.6) is 0 Å². The molecule has 0 aliphatic rings. The second kappa shape index (κ2) is 8.47. The van der Waals surface area contributed by atoms with Crippen LogP contribution in [0.25, 0.3) is 0 Å². The molecule has 25 heavy (non-hydrogen) atoms. The molecule has 0 N–H and O–H groups in total. The van der Waals surface area contributed by atoms with Crippen LogP contribution in [0.1, 0.15) is 52.7 Å². The minimum atomic E-state index is -1.73. The van der Waals surface area contributed by atoms with E-state index < -0.39 is 13.9 Å². The van der Waals surface area contributed by atoms with Crippen LogP contribution in [0.3, 0.4) is 0 Å². The van der Waals surface area contributed by atoms with Crippen LogP contribution in [-0.4, -0.2) is 26.5 Å². The average Bonchev–Trinajstić information content (AvgIpc) is 2.43. The van der Waals surface area contributed by atoms with E-state index in [1.165, 1.54) is 0 Å². The molecule has 1 rings (SSSR count). The number of benzene rings is 1. The van der Waals surface area contributed by atoms with Crippen molar-refractivity contribution in [2.45, 2.75) is 78.5 Å². The van der Waals surface area contributed by atoms with Crippen LogP contribution in [0.4, 0.5) is 0 Å². The van der Waals surface area contributed by atoms with Crippen LogP contribution in [0.15, 0.2) is 24.3 Å². The molecule has 0 bridgehead atoms. The average molecular weight is 367 g/mol. The van der Waals surface area contributed by atoms with Gasteiger partial charge < -0.3 is 13.9 Å². The second-order valence-corrected chi connectivity index (χ2v) is 13.8. The molecule has 1 aromatic carbocycles. The number of hydrogen-bond donors (Lipinski definition) is 0. The minimum Gasteiger partial charge on any atom is -0.458 e. The number of esters is 1. The smallest absolute Gasteiger partial charge is 0.332 e. The molecule has 4 nitrogen and oxygen atoms in total. The van der Waals surface area contributed by atoms with Crippen molar-refractivity contribution in [3.63, 3.8) is 0 Å². The largest absolute Gasteiger partial charge is 0.458 e. The van der Waals surface area contributed by atoms with Crippen LogP contribution in [0.2, 0.25) is 18.1 Å². The normalized spacial score (nSPS) is 13.0. The highest BCUT2D eigenvalue weighted by Gasteiger charge is 2.36. The van der Waals surface area contributed by atoms with Crippen molar-refractivity contribution in [3.05, 3.63) is 35.4 Å². The zero-order valence-corrected chi connectivity index (χ0v) is 18.1. The van der Waals surface area contributed by atoms with Gasteiger partial charge in [0.15, 0.2) is 8.32 Å². The van der Waals surface area contributed by atoms with Crippen LogP contribution >= 0.6 is 0 Å². The summed E-state index contributed by atoms with van der Waals surface area (Å²) >= 11 is 0. The summed E-state index contributed by atoms with van der Waals surface area (Å²) in [5, 5.41) is 0.211. The SMILES string of the molecule is CC(C)(C)OC(=O)COCc1ccc(CO[Si](C)(C)C(C)(C)C)cc1. The number of ether oxygens (including phenoxy) is 2. The first kappa shape index (κ1) is 21.9. The highest BCUT2D eigenvalue weighted by molar-refractivity contribution is 6.74. The first-order valence-corrected chi connectivity index (χ1v) is 11.7. The van der Waals surface area contributed by atoms with Crippen LogP contribution < -0.4 is 0 Å². The Hall–Kier alpha value is -1.17. The van der Waals surface area contributed by atoms with Gasteiger partial charge in [-0.3, -0.25) is 0 Å². The Bertz CT molecular complexity index is 551. The summed E-state index contributed by atoms with van der Waals surface area (Å²) in [7, 11) is -1.73. The predicted octanol–water partition coefficient (Wildman–Crippen LogP) is 5.07. The Morgan fingerprint density at radius 2 is 1.40 bits per heavy atom. The molecule has 0 saturated carbocycles. The fourth-order valence-corrected chi connectivity index (χ4v) is 2.80. The van der Waals surface area contributed by atoms with E-state index in [4.69, 9.17) is 13.9 Å². The highest BCUT2D eigenvalue weighted by Crippen LogP contribution is 2.37. The van der Waals surface area contributed by atoms with Gasteiger partial charge in [0.25, 0.3) is 0 Å². The third-order valence-corrected chi connectivity index (χ3v) is 8.82. The summed E-state index contributed by atoms with van der Waals surface area (Å²) in [5.74, 6) is -0.341. The van der Waals surface area contributed by atoms with Gasteiger partial charge in [-0.05, 0) is 50.0 Å². The van der Waals surface area contributed by atoms with Crippen molar-refractivity contribution in [2.24, 2.45) is 0 Å². The predicted molar refractivity (Wildman–Crippen MR) is 104 cm³/mol. The van der Waals surface area contributed by atoms with E-state index in [1.807, 2.05) is 32.9 Å². The lowest BCUT2D eigenvalue weighted by atomic mass is 10.1. The number of carbonyl (C=O) groups excluding carboxylic acids is 1. The monoisotopic (exact) mass is 366 g/mol. The van der Waals surface area contributed by atoms with Crippen molar-refractivity contribution >= 4 is 14.3 Å². The fourth-order valence-electron chi connectivity index (χ4n) is 1.84. The molecule has 142 valence electrons. The Kier molecular flexibility index (Phi) is 7.41. The highest BCUT2D eigenvalue weighted by atomic mass is 28.4. The zero-order valence-electron chi connectivity index (χ0n) is 17.1. The summed E-state index contributed by atoms with van der Waals surface area (Å²) < 4.78 is 16.9. The van der Waals surface area contributed by atoms with Crippen molar-refractivity contribution in [3.8, 4) is 0 Å². The van der Waals surface area contributed by atoms with E-state index in [0.717, 1.165) is 11.1 Å². The third kappa shape index (κ3) is 8.16. The molecule has 0 fully saturated rings.